The Balaban J connectivity index is 1.36. The Kier molecular flexibility index (Phi) is 8.25. The summed E-state index contributed by atoms with van der Waals surface area (Å²) in [4.78, 5) is 21.3. The number of carbonyl (C=O) groups is 1. The number of aliphatic imine (C=N–C) groups is 1. The van der Waals surface area contributed by atoms with Gasteiger partial charge in [0.1, 0.15) is 12.4 Å². The van der Waals surface area contributed by atoms with Crippen LogP contribution in [-0.2, 0) is 17.8 Å². The van der Waals surface area contributed by atoms with Crippen LogP contribution in [0.15, 0.2) is 82.7 Å². The van der Waals surface area contributed by atoms with Crippen molar-refractivity contribution in [1.82, 2.24) is 4.90 Å². The molecule has 1 aliphatic heterocycles. The topological polar surface area (TPSA) is 65.7 Å². The fourth-order valence-electron chi connectivity index (χ4n) is 4.98. The van der Waals surface area contributed by atoms with Crippen molar-refractivity contribution >= 4 is 34.6 Å². The fraction of sp³-hybridized carbons (Fsp3) is 0.281. The lowest BCUT2D eigenvalue weighted by Gasteiger charge is -2.30. The Hall–Kier alpha value is -3.82. The summed E-state index contributed by atoms with van der Waals surface area (Å²) in [5.41, 5.74) is 4.53. The highest BCUT2D eigenvalue weighted by Gasteiger charge is 2.38. The average Bonchev–Trinajstić information content (AvgIpc) is 3.27. The van der Waals surface area contributed by atoms with Gasteiger partial charge in [0, 0.05) is 11.6 Å². The predicted molar refractivity (Wildman–Crippen MR) is 154 cm³/mol. The molecule has 0 N–H and O–H groups in total. The second kappa shape index (κ2) is 12.1. The number of benzene rings is 3. The van der Waals surface area contributed by atoms with Crippen LogP contribution in [0.2, 0.25) is 0 Å². The maximum atomic E-state index is 13.7. The van der Waals surface area contributed by atoms with Crippen LogP contribution in [0.25, 0.3) is 6.08 Å². The maximum Gasteiger partial charge on any atom is 0.267 e. The molecule has 5 nitrogen and oxygen atoms in total. The molecule has 1 heterocycles. The molecule has 6 heteroatoms. The summed E-state index contributed by atoms with van der Waals surface area (Å²) in [6.07, 6.45) is 8.43. The van der Waals surface area contributed by atoms with Gasteiger partial charge in [0.2, 0.25) is 0 Å². The van der Waals surface area contributed by atoms with Crippen molar-refractivity contribution in [1.29, 1.82) is 5.26 Å². The second-order valence-corrected chi connectivity index (χ2v) is 10.6. The second-order valence-electron chi connectivity index (χ2n) is 9.58. The summed E-state index contributed by atoms with van der Waals surface area (Å²) in [6.45, 7) is 2.46. The first-order valence-electron chi connectivity index (χ1n) is 13.3. The van der Waals surface area contributed by atoms with Crippen LogP contribution in [-0.4, -0.2) is 22.0 Å². The van der Waals surface area contributed by atoms with E-state index < -0.39 is 0 Å². The minimum Gasteiger partial charge on any atom is -0.489 e. The van der Waals surface area contributed by atoms with Gasteiger partial charge in [0.05, 0.1) is 22.2 Å². The average molecular weight is 522 g/mol. The largest absolute Gasteiger partial charge is 0.489 e. The molecule has 2 fully saturated rings. The summed E-state index contributed by atoms with van der Waals surface area (Å²) in [5, 5.41) is 10.1. The van der Waals surface area contributed by atoms with Gasteiger partial charge in [-0.25, -0.2) is 4.99 Å². The number of amidine groups is 1. The molecule has 0 aromatic heterocycles. The molecule has 3 aromatic carbocycles. The first-order valence-corrected chi connectivity index (χ1v) is 14.1. The van der Waals surface area contributed by atoms with Crippen molar-refractivity contribution < 1.29 is 9.53 Å². The molecule has 3 aromatic rings. The van der Waals surface area contributed by atoms with E-state index >= 15 is 0 Å². The van der Waals surface area contributed by atoms with E-state index in [2.05, 4.69) is 19.1 Å². The molecule has 0 atom stereocenters. The third-order valence-electron chi connectivity index (χ3n) is 7.08. The normalized spacial score (nSPS) is 18.2. The molecular formula is C32H31N3O2S. The Morgan fingerprint density at radius 1 is 1.00 bits per heavy atom. The maximum absolute atomic E-state index is 13.7. The summed E-state index contributed by atoms with van der Waals surface area (Å²) < 4.78 is 5.91. The van der Waals surface area contributed by atoms with Crippen LogP contribution < -0.4 is 4.74 Å². The van der Waals surface area contributed by atoms with Crippen molar-refractivity contribution in [2.45, 2.75) is 58.1 Å². The molecule has 0 radical (unpaired) electrons. The third kappa shape index (κ3) is 5.84. The number of ether oxygens (including phenoxy) is 1. The van der Waals surface area contributed by atoms with Gasteiger partial charge in [-0.1, -0.05) is 74.7 Å². The smallest absolute Gasteiger partial charge is 0.267 e. The van der Waals surface area contributed by atoms with E-state index in [0.717, 1.165) is 54.1 Å². The third-order valence-corrected chi connectivity index (χ3v) is 8.06. The van der Waals surface area contributed by atoms with Gasteiger partial charge < -0.3 is 4.74 Å². The minimum absolute atomic E-state index is 0.0445. The van der Waals surface area contributed by atoms with Crippen LogP contribution in [0.3, 0.4) is 0 Å². The van der Waals surface area contributed by atoms with Gasteiger partial charge in [0.25, 0.3) is 5.91 Å². The van der Waals surface area contributed by atoms with Crippen LogP contribution in [0, 0.1) is 11.3 Å². The zero-order valence-electron chi connectivity index (χ0n) is 21.6. The molecule has 1 amide bonds. The zero-order chi connectivity index (χ0) is 26.3. The standard InChI is InChI=1S/C32H31N3O2S/c1-2-24-10-8-9-15-29(24)34-32-35(27-13-4-3-5-14-27)31(36)30(38-32)20-23-16-18-28(19-17-23)37-22-26-12-7-6-11-25(26)21-33/h6-12,15-20,27H,2-5,13-14,22H2,1H3/b30-20+,34-32?. The van der Waals surface area contributed by atoms with Crippen molar-refractivity contribution in [3.8, 4) is 11.8 Å². The number of aryl methyl sites for hydroxylation is 1. The molecule has 1 saturated carbocycles. The first kappa shape index (κ1) is 25.8. The Morgan fingerprint density at radius 2 is 1.71 bits per heavy atom. The van der Waals surface area contributed by atoms with E-state index in [9.17, 15) is 10.1 Å². The summed E-state index contributed by atoms with van der Waals surface area (Å²) in [5.74, 6) is 0.760. The summed E-state index contributed by atoms with van der Waals surface area (Å²) >= 11 is 1.47. The number of nitriles is 1. The molecule has 1 aliphatic carbocycles. The van der Waals surface area contributed by atoms with Crippen molar-refractivity contribution in [3.63, 3.8) is 0 Å². The van der Waals surface area contributed by atoms with Gasteiger partial charge in [-0.05, 0) is 72.5 Å². The van der Waals surface area contributed by atoms with E-state index in [-0.39, 0.29) is 11.9 Å². The molecule has 2 aliphatic rings. The van der Waals surface area contributed by atoms with Crippen molar-refractivity contribution in [2.24, 2.45) is 4.99 Å². The van der Waals surface area contributed by atoms with Crippen LogP contribution in [0.4, 0.5) is 5.69 Å². The Morgan fingerprint density at radius 3 is 2.45 bits per heavy atom. The number of hydrogen-bond acceptors (Lipinski definition) is 5. The van der Waals surface area contributed by atoms with Gasteiger partial charge >= 0.3 is 0 Å². The highest BCUT2D eigenvalue weighted by Crippen LogP contribution is 2.39. The number of carbonyl (C=O) groups excluding carboxylic acids is 1. The molecule has 0 spiro atoms. The predicted octanol–water partition coefficient (Wildman–Crippen LogP) is 7.64. The number of nitrogens with zero attached hydrogens (tertiary/aromatic N) is 3. The zero-order valence-corrected chi connectivity index (χ0v) is 22.4. The molecule has 5 rings (SSSR count). The van der Waals surface area contributed by atoms with Crippen LogP contribution in [0.1, 0.15) is 61.3 Å². The quantitative estimate of drug-likeness (QED) is 0.300. The monoisotopic (exact) mass is 521 g/mol. The number of para-hydroxylation sites is 1. The van der Waals surface area contributed by atoms with E-state index in [4.69, 9.17) is 9.73 Å². The number of hydrogen-bond donors (Lipinski definition) is 0. The Labute approximate surface area is 228 Å². The van der Waals surface area contributed by atoms with Gasteiger partial charge in [-0.15, -0.1) is 0 Å². The SMILES string of the molecule is CCc1ccccc1N=C1S/C(=C/c2ccc(OCc3ccccc3C#N)cc2)C(=O)N1C1CCCCC1. The minimum atomic E-state index is 0.0445. The van der Waals surface area contributed by atoms with E-state index in [1.807, 2.05) is 71.6 Å². The van der Waals surface area contributed by atoms with Crippen LogP contribution in [0.5, 0.6) is 5.75 Å². The summed E-state index contributed by atoms with van der Waals surface area (Å²) in [7, 11) is 0. The first-order chi connectivity index (χ1) is 18.7. The van der Waals surface area contributed by atoms with Crippen molar-refractivity contribution in [2.75, 3.05) is 0 Å². The van der Waals surface area contributed by atoms with E-state index in [1.54, 1.807) is 6.07 Å². The number of amides is 1. The number of rotatable bonds is 7. The fourth-order valence-corrected chi connectivity index (χ4v) is 6.03. The van der Waals surface area contributed by atoms with Gasteiger partial charge in [-0.2, -0.15) is 5.26 Å². The molecular weight excluding hydrogens is 490 g/mol. The number of thioether (sulfide) groups is 1. The molecule has 0 bridgehead atoms. The lowest BCUT2D eigenvalue weighted by atomic mass is 9.94. The Bertz CT molecular complexity index is 1400. The highest BCUT2D eigenvalue weighted by molar-refractivity contribution is 8.18. The van der Waals surface area contributed by atoms with E-state index in [1.165, 1.54) is 23.7 Å². The van der Waals surface area contributed by atoms with Crippen molar-refractivity contribution in [3.05, 3.63) is 100.0 Å². The van der Waals surface area contributed by atoms with Gasteiger partial charge in [-0.3, -0.25) is 9.69 Å². The molecule has 1 saturated heterocycles. The molecule has 192 valence electrons. The van der Waals surface area contributed by atoms with Gasteiger partial charge in [0.15, 0.2) is 5.17 Å². The molecule has 0 unspecified atom stereocenters. The van der Waals surface area contributed by atoms with E-state index in [0.29, 0.717) is 22.8 Å². The highest BCUT2D eigenvalue weighted by atomic mass is 32.2. The summed E-state index contributed by atoms with van der Waals surface area (Å²) in [6, 6.07) is 25.7. The molecule has 38 heavy (non-hydrogen) atoms. The van der Waals surface area contributed by atoms with Crippen LogP contribution >= 0.6 is 11.8 Å². The lowest BCUT2D eigenvalue weighted by molar-refractivity contribution is -0.124. The lowest BCUT2D eigenvalue weighted by Crippen LogP contribution is -2.40.